The van der Waals surface area contributed by atoms with Gasteiger partial charge in [-0.1, -0.05) is 13.3 Å². The molecule has 0 aromatic rings. The Morgan fingerprint density at radius 1 is 1.42 bits per heavy atom. The molecule has 0 saturated carbocycles. The zero-order valence-corrected chi connectivity index (χ0v) is 8.35. The summed E-state index contributed by atoms with van der Waals surface area (Å²) in [5.74, 6) is -1.09. The topological polar surface area (TPSA) is 35.5 Å². The molecule has 0 N–H and O–H groups in total. The van der Waals surface area contributed by atoms with E-state index in [2.05, 4.69) is 6.92 Å². The fourth-order valence-electron chi connectivity index (χ4n) is 0.838. The van der Waals surface area contributed by atoms with Crippen molar-refractivity contribution in [3.05, 3.63) is 0 Å². The summed E-state index contributed by atoms with van der Waals surface area (Å²) in [6.45, 7) is 7.58. The van der Waals surface area contributed by atoms with Crippen molar-refractivity contribution in [2.24, 2.45) is 0 Å². The Morgan fingerprint density at radius 3 is 2.42 bits per heavy atom. The minimum Gasteiger partial charge on any atom is -0.434 e. The van der Waals surface area contributed by atoms with Gasteiger partial charge in [-0.2, -0.15) is 0 Å². The monoisotopic (exact) mass is 174 g/mol. The first kappa shape index (κ1) is 11.4. The van der Waals surface area contributed by atoms with Gasteiger partial charge in [0.1, 0.15) is 0 Å². The smallest absolute Gasteiger partial charge is 0.305 e. The molecule has 0 aliphatic carbocycles. The minimum absolute atomic E-state index is 0.309. The first-order valence-corrected chi connectivity index (χ1v) is 4.31. The molecule has 0 aliphatic heterocycles. The Labute approximate surface area is 74.0 Å². The van der Waals surface area contributed by atoms with E-state index in [1.807, 2.05) is 0 Å². The van der Waals surface area contributed by atoms with Crippen LogP contribution in [0.1, 0.15) is 40.5 Å². The van der Waals surface area contributed by atoms with Gasteiger partial charge in [0.05, 0.1) is 6.61 Å². The molecule has 0 spiro atoms. The molecule has 3 heteroatoms. The van der Waals surface area contributed by atoms with Gasteiger partial charge in [-0.25, -0.2) is 0 Å². The largest absolute Gasteiger partial charge is 0.434 e. The summed E-state index contributed by atoms with van der Waals surface area (Å²) in [4.78, 5) is 10.6. The van der Waals surface area contributed by atoms with Crippen molar-refractivity contribution in [3.63, 3.8) is 0 Å². The predicted molar refractivity (Wildman–Crippen MR) is 46.7 cm³/mol. The Morgan fingerprint density at radius 2 is 2.00 bits per heavy atom. The van der Waals surface area contributed by atoms with E-state index in [1.165, 1.54) is 6.92 Å². The Kier molecular flexibility index (Phi) is 4.90. The van der Waals surface area contributed by atoms with Crippen LogP contribution in [0.3, 0.4) is 0 Å². The molecule has 0 heterocycles. The van der Waals surface area contributed by atoms with E-state index < -0.39 is 5.79 Å². The molecule has 72 valence electrons. The maximum atomic E-state index is 10.6. The van der Waals surface area contributed by atoms with Gasteiger partial charge in [-0.05, 0) is 6.42 Å². The van der Waals surface area contributed by atoms with Crippen LogP contribution in [-0.2, 0) is 14.3 Å². The van der Waals surface area contributed by atoms with Gasteiger partial charge >= 0.3 is 5.97 Å². The molecule has 12 heavy (non-hydrogen) atoms. The van der Waals surface area contributed by atoms with Crippen LogP contribution < -0.4 is 0 Å². The van der Waals surface area contributed by atoms with E-state index in [0.717, 1.165) is 12.8 Å². The first-order valence-electron chi connectivity index (χ1n) is 4.31. The summed E-state index contributed by atoms with van der Waals surface area (Å²) in [6, 6.07) is 0. The lowest BCUT2D eigenvalue weighted by Crippen LogP contribution is -2.30. The van der Waals surface area contributed by atoms with Gasteiger partial charge in [0.25, 0.3) is 0 Å². The second kappa shape index (κ2) is 5.14. The zero-order chi connectivity index (χ0) is 9.61. The van der Waals surface area contributed by atoms with Gasteiger partial charge in [-0.3, -0.25) is 4.79 Å². The quantitative estimate of drug-likeness (QED) is 0.364. The van der Waals surface area contributed by atoms with E-state index in [9.17, 15) is 4.79 Å². The average Bonchev–Trinajstić information content (AvgIpc) is 1.84. The van der Waals surface area contributed by atoms with E-state index in [4.69, 9.17) is 9.47 Å². The molecular weight excluding hydrogens is 156 g/mol. The van der Waals surface area contributed by atoms with Crippen LogP contribution in [0.4, 0.5) is 0 Å². The molecule has 3 nitrogen and oxygen atoms in total. The highest BCUT2D eigenvalue weighted by atomic mass is 16.7. The zero-order valence-electron chi connectivity index (χ0n) is 8.35. The SMILES string of the molecule is CCCCOC(C)(C)OC(C)=O. The molecule has 0 radical (unpaired) electrons. The second-order valence-electron chi connectivity index (χ2n) is 3.20. The van der Waals surface area contributed by atoms with Crippen LogP contribution >= 0.6 is 0 Å². The van der Waals surface area contributed by atoms with Crippen LogP contribution in [-0.4, -0.2) is 18.4 Å². The molecule has 0 aromatic heterocycles. The van der Waals surface area contributed by atoms with E-state index >= 15 is 0 Å². The van der Waals surface area contributed by atoms with Crippen molar-refractivity contribution in [1.82, 2.24) is 0 Å². The van der Waals surface area contributed by atoms with Crippen molar-refractivity contribution in [1.29, 1.82) is 0 Å². The van der Waals surface area contributed by atoms with Gasteiger partial charge in [0.15, 0.2) is 0 Å². The molecule has 0 aromatic carbocycles. The van der Waals surface area contributed by atoms with Gasteiger partial charge < -0.3 is 9.47 Å². The number of esters is 1. The minimum atomic E-state index is -0.777. The summed E-state index contributed by atoms with van der Waals surface area (Å²) in [7, 11) is 0. The number of rotatable bonds is 5. The Hall–Kier alpha value is -0.570. The lowest BCUT2D eigenvalue weighted by atomic mass is 10.3. The third kappa shape index (κ3) is 6.16. The van der Waals surface area contributed by atoms with Crippen LogP contribution in [0.2, 0.25) is 0 Å². The van der Waals surface area contributed by atoms with Crippen LogP contribution in [0, 0.1) is 0 Å². The number of carbonyl (C=O) groups is 1. The summed E-state index contributed by atoms with van der Waals surface area (Å²) >= 11 is 0. The van der Waals surface area contributed by atoms with Crippen molar-refractivity contribution in [2.75, 3.05) is 6.61 Å². The van der Waals surface area contributed by atoms with Gasteiger partial charge in [-0.15, -0.1) is 0 Å². The Balaban J connectivity index is 3.63. The summed E-state index contributed by atoms with van der Waals surface area (Å²) in [5.41, 5.74) is 0. The maximum absolute atomic E-state index is 10.6. The second-order valence-corrected chi connectivity index (χ2v) is 3.20. The molecule has 0 saturated heterocycles. The maximum Gasteiger partial charge on any atom is 0.305 e. The average molecular weight is 174 g/mol. The van der Waals surface area contributed by atoms with Crippen molar-refractivity contribution >= 4 is 5.97 Å². The summed E-state index contributed by atoms with van der Waals surface area (Å²) < 4.78 is 10.3. The van der Waals surface area contributed by atoms with Crippen LogP contribution in [0.25, 0.3) is 0 Å². The molecule has 0 atom stereocenters. The fourth-order valence-corrected chi connectivity index (χ4v) is 0.838. The highest BCUT2D eigenvalue weighted by molar-refractivity contribution is 5.66. The van der Waals surface area contributed by atoms with Crippen molar-refractivity contribution in [3.8, 4) is 0 Å². The van der Waals surface area contributed by atoms with Crippen LogP contribution in [0.15, 0.2) is 0 Å². The number of ether oxygens (including phenoxy) is 2. The number of unbranched alkanes of at least 4 members (excludes halogenated alkanes) is 1. The Bertz CT molecular complexity index is 141. The number of carbonyl (C=O) groups excluding carboxylic acids is 1. The first-order chi connectivity index (χ1) is 5.48. The molecule has 0 aliphatic rings. The molecule has 0 rings (SSSR count). The third-order valence-electron chi connectivity index (χ3n) is 1.34. The number of hydrogen-bond acceptors (Lipinski definition) is 3. The highest BCUT2D eigenvalue weighted by Gasteiger charge is 2.20. The molecule has 0 unspecified atom stereocenters. The summed E-state index contributed by atoms with van der Waals surface area (Å²) in [6.07, 6.45) is 2.07. The van der Waals surface area contributed by atoms with Gasteiger partial charge in [0, 0.05) is 20.8 Å². The molecule has 0 fully saturated rings. The predicted octanol–water partition coefficient (Wildman–Crippen LogP) is 2.10. The summed E-state index contributed by atoms with van der Waals surface area (Å²) in [5, 5.41) is 0. The van der Waals surface area contributed by atoms with E-state index in [1.54, 1.807) is 13.8 Å². The van der Waals surface area contributed by atoms with Crippen molar-refractivity contribution in [2.45, 2.75) is 46.3 Å². The third-order valence-corrected chi connectivity index (χ3v) is 1.34. The fraction of sp³-hybridized carbons (Fsp3) is 0.889. The number of hydrogen-bond donors (Lipinski definition) is 0. The lowest BCUT2D eigenvalue weighted by Gasteiger charge is -2.24. The normalized spacial score (nSPS) is 11.3. The lowest BCUT2D eigenvalue weighted by molar-refractivity contribution is -0.213. The molecule has 0 amide bonds. The van der Waals surface area contributed by atoms with Crippen LogP contribution in [0.5, 0.6) is 0 Å². The standard InChI is InChI=1S/C9H18O3/c1-5-6-7-11-9(3,4)12-8(2)10/h5-7H2,1-4H3. The highest BCUT2D eigenvalue weighted by Crippen LogP contribution is 2.11. The molecule has 0 bridgehead atoms. The van der Waals surface area contributed by atoms with Gasteiger partial charge in [0.2, 0.25) is 5.79 Å². The molecular formula is C9H18O3. The van der Waals surface area contributed by atoms with Crippen molar-refractivity contribution < 1.29 is 14.3 Å². The van der Waals surface area contributed by atoms with E-state index in [0.29, 0.717) is 6.61 Å². The van der Waals surface area contributed by atoms with E-state index in [-0.39, 0.29) is 5.97 Å².